The van der Waals surface area contributed by atoms with Crippen LogP contribution in [0.2, 0.25) is 0 Å². The zero-order valence-electron chi connectivity index (χ0n) is 10.9. The van der Waals surface area contributed by atoms with E-state index in [1.54, 1.807) is 6.07 Å². The number of rotatable bonds is 4. The van der Waals surface area contributed by atoms with Crippen LogP contribution < -0.4 is 5.73 Å². The van der Waals surface area contributed by atoms with E-state index in [0.29, 0.717) is 11.8 Å². The van der Waals surface area contributed by atoms with Gasteiger partial charge in [0.05, 0.1) is 6.10 Å². The summed E-state index contributed by atoms with van der Waals surface area (Å²) < 4.78 is 18.6. The zero-order chi connectivity index (χ0) is 13.0. The molecule has 1 aromatic carbocycles. The van der Waals surface area contributed by atoms with Gasteiger partial charge in [-0.1, -0.05) is 6.07 Å². The number of nitrogens with zero attached hydrogens (tertiary/aromatic N) is 1. The molecule has 100 valence electrons. The van der Waals surface area contributed by atoms with Crippen molar-refractivity contribution in [3.05, 3.63) is 29.6 Å². The van der Waals surface area contributed by atoms with Crippen LogP contribution in [0.3, 0.4) is 0 Å². The summed E-state index contributed by atoms with van der Waals surface area (Å²) in [5.74, 6) is -0.272. The second-order valence-electron chi connectivity index (χ2n) is 4.77. The summed E-state index contributed by atoms with van der Waals surface area (Å²) in [7, 11) is 0. The van der Waals surface area contributed by atoms with Gasteiger partial charge in [-0.15, -0.1) is 0 Å². The zero-order valence-corrected chi connectivity index (χ0v) is 10.9. The number of nitrogen functional groups attached to an aromatic ring is 1. The van der Waals surface area contributed by atoms with Crippen molar-refractivity contribution in [2.75, 3.05) is 25.4 Å². The lowest BCUT2D eigenvalue weighted by molar-refractivity contribution is 0.0125. The minimum absolute atomic E-state index is 0.272. The van der Waals surface area contributed by atoms with Gasteiger partial charge in [-0.2, -0.15) is 0 Å². The molecule has 0 atom stereocenters. The molecule has 0 radical (unpaired) electrons. The molecule has 18 heavy (non-hydrogen) atoms. The first-order chi connectivity index (χ1) is 8.69. The number of nitrogens with two attached hydrogens (primary N) is 1. The van der Waals surface area contributed by atoms with Crippen molar-refractivity contribution in [2.24, 2.45) is 0 Å². The molecule has 3 nitrogen and oxygen atoms in total. The fraction of sp³-hybridized carbons (Fsp3) is 0.571. The molecule has 0 spiro atoms. The maximum Gasteiger partial charge on any atom is 0.125 e. The number of hydrogen-bond donors (Lipinski definition) is 1. The molecule has 0 amide bonds. The quantitative estimate of drug-likeness (QED) is 0.836. The molecule has 0 aliphatic carbocycles. The minimum atomic E-state index is -0.272. The highest BCUT2D eigenvalue weighted by Crippen LogP contribution is 2.19. The Balaban J connectivity index is 1.87. The average Bonchev–Trinajstić information content (AvgIpc) is 2.35. The molecule has 2 N–H and O–H groups in total. The number of hydrogen-bond acceptors (Lipinski definition) is 3. The lowest BCUT2D eigenvalue weighted by atomic mass is 10.1. The Kier molecular flexibility index (Phi) is 4.55. The number of anilines is 1. The molecular weight excluding hydrogens is 231 g/mol. The van der Waals surface area contributed by atoms with Crippen molar-refractivity contribution in [1.29, 1.82) is 0 Å². The molecule has 0 unspecified atom stereocenters. The first-order valence-corrected chi connectivity index (χ1v) is 6.57. The molecule has 1 heterocycles. The van der Waals surface area contributed by atoms with Gasteiger partial charge in [-0.25, -0.2) is 4.39 Å². The summed E-state index contributed by atoms with van der Waals surface area (Å²) in [5.41, 5.74) is 7.37. The second kappa shape index (κ2) is 6.16. The third-order valence-corrected chi connectivity index (χ3v) is 3.44. The van der Waals surface area contributed by atoms with Gasteiger partial charge in [0.15, 0.2) is 0 Å². The molecule has 1 aromatic rings. The van der Waals surface area contributed by atoms with Gasteiger partial charge in [-0.05, 0) is 37.5 Å². The maximum absolute atomic E-state index is 13.0. The Hall–Kier alpha value is -1.13. The Morgan fingerprint density at radius 1 is 1.39 bits per heavy atom. The van der Waals surface area contributed by atoms with Crippen molar-refractivity contribution >= 4 is 5.69 Å². The van der Waals surface area contributed by atoms with E-state index in [2.05, 4.69) is 4.90 Å². The number of halogens is 1. The monoisotopic (exact) mass is 252 g/mol. The Labute approximate surface area is 108 Å². The molecule has 1 aliphatic heterocycles. The lowest BCUT2D eigenvalue weighted by Gasteiger charge is -2.31. The number of ether oxygens (including phenoxy) is 1. The van der Waals surface area contributed by atoms with Crippen molar-refractivity contribution in [3.8, 4) is 0 Å². The van der Waals surface area contributed by atoms with E-state index in [0.717, 1.165) is 44.6 Å². The van der Waals surface area contributed by atoms with Gasteiger partial charge < -0.3 is 10.5 Å². The molecule has 0 saturated carbocycles. The summed E-state index contributed by atoms with van der Waals surface area (Å²) in [4.78, 5) is 2.35. The van der Waals surface area contributed by atoms with Crippen LogP contribution in [0.15, 0.2) is 18.2 Å². The molecule has 1 fully saturated rings. The molecule has 2 rings (SSSR count). The predicted octanol–water partition coefficient (Wildman–Crippen LogP) is 2.41. The van der Waals surface area contributed by atoms with Crippen LogP contribution in [0.5, 0.6) is 0 Å². The van der Waals surface area contributed by atoms with E-state index in [1.807, 2.05) is 6.92 Å². The topological polar surface area (TPSA) is 38.5 Å². The summed E-state index contributed by atoms with van der Waals surface area (Å²) in [6.45, 7) is 5.65. The van der Waals surface area contributed by atoms with Crippen LogP contribution in [0.1, 0.15) is 25.3 Å². The van der Waals surface area contributed by atoms with Crippen molar-refractivity contribution in [2.45, 2.75) is 32.4 Å². The van der Waals surface area contributed by atoms with Gasteiger partial charge in [0.1, 0.15) is 5.82 Å². The first-order valence-electron chi connectivity index (χ1n) is 6.57. The van der Waals surface area contributed by atoms with Crippen LogP contribution in [0.25, 0.3) is 0 Å². The van der Waals surface area contributed by atoms with Crippen LogP contribution >= 0.6 is 0 Å². The molecule has 1 saturated heterocycles. The van der Waals surface area contributed by atoms with E-state index in [9.17, 15) is 4.39 Å². The standard InChI is InChI=1S/C14H21FN2O/c1-2-18-13-5-7-17(8-6-13)10-11-3-4-12(15)9-14(11)16/h3-4,9,13H,2,5-8,10,16H2,1H3. The Morgan fingerprint density at radius 3 is 2.72 bits per heavy atom. The van der Waals surface area contributed by atoms with Crippen LogP contribution in [-0.2, 0) is 11.3 Å². The number of benzene rings is 1. The van der Waals surface area contributed by atoms with Crippen molar-refractivity contribution in [3.63, 3.8) is 0 Å². The summed E-state index contributed by atoms with van der Waals surface area (Å²) in [6.07, 6.45) is 2.53. The molecule has 0 bridgehead atoms. The van der Waals surface area contributed by atoms with Gasteiger partial charge in [0.2, 0.25) is 0 Å². The Morgan fingerprint density at radius 2 is 2.11 bits per heavy atom. The van der Waals surface area contributed by atoms with E-state index in [4.69, 9.17) is 10.5 Å². The molecular formula is C14H21FN2O. The van der Waals surface area contributed by atoms with Crippen LogP contribution in [0.4, 0.5) is 10.1 Å². The molecule has 1 aliphatic rings. The van der Waals surface area contributed by atoms with E-state index in [-0.39, 0.29) is 5.82 Å². The fourth-order valence-corrected chi connectivity index (χ4v) is 2.42. The second-order valence-corrected chi connectivity index (χ2v) is 4.77. The Bertz CT molecular complexity index is 389. The average molecular weight is 252 g/mol. The van der Waals surface area contributed by atoms with Gasteiger partial charge in [0, 0.05) is 31.9 Å². The first kappa shape index (κ1) is 13.3. The van der Waals surface area contributed by atoms with E-state index in [1.165, 1.54) is 12.1 Å². The maximum atomic E-state index is 13.0. The third kappa shape index (κ3) is 3.43. The van der Waals surface area contributed by atoms with Gasteiger partial charge in [0.25, 0.3) is 0 Å². The van der Waals surface area contributed by atoms with Crippen molar-refractivity contribution in [1.82, 2.24) is 4.90 Å². The molecule has 4 heteroatoms. The SMILES string of the molecule is CCOC1CCN(Cc2ccc(F)cc2N)CC1. The summed E-state index contributed by atoms with van der Waals surface area (Å²) in [5, 5.41) is 0. The van der Waals surface area contributed by atoms with Crippen molar-refractivity contribution < 1.29 is 9.13 Å². The van der Waals surface area contributed by atoms with E-state index >= 15 is 0 Å². The molecule has 0 aromatic heterocycles. The number of likely N-dealkylation sites (tertiary alicyclic amines) is 1. The highest BCUT2D eigenvalue weighted by Gasteiger charge is 2.19. The number of piperidine rings is 1. The summed E-state index contributed by atoms with van der Waals surface area (Å²) >= 11 is 0. The van der Waals surface area contributed by atoms with Crippen LogP contribution in [-0.4, -0.2) is 30.7 Å². The van der Waals surface area contributed by atoms with E-state index < -0.39 is 0 Å². The van der Waals surface area contributed by atoms with Gasteiger partial charge >= 0.3 is 0 Å². The highest BCUT2D eigenvalue weighted by atomic mass is 19.1. The highest BCUT2D eigenvalue weighted by molar-refractivity contribution is 5.46. The third-order valence-electron chi connectivity index (χ3n) is 3.44. The van der Waals surface area contributed by atoms with Gasteiger partial charge in [-0.3, -0.25) is 4.90 Å². The lowest BCUT2D eigenvalue weighted by Crippen LogP contribution is -2.36. The minimum Gasteiger partial charge on any atom is -0.398 e. The predicted molar refractivity (Wildman–Crippen MR) is 70.7 cm³/mol. The fourth-order valence-electron chi connectivity index (χ4n) is 2.42. The normalized spacial score (nSPS) is 18.1. The van der Waals surface area contributed by atoms with Crippen LogP contribution in [0, 0.1) is 5.82 Å². The largest absolute Gasteiger partial charge is 0.398 e. The summed E-state index contributed by atoms with van der Waals surface area (Å²) in [6, 6.07) is 4.64. The smallest absolute Gasteiger partial charge is 0.125 e.